The van der Waals surface area contributed by atoms with Crippen molar-refractivity contribution in [3.05, 3.63) is 46.4 Å². The van der Waals surface area contributed by atoms with Crippen LogP contribution >= 0.6 is 7.60 Å². The zero-order valence-corrected chi connectivity index (χ0v) is 20.0. The summed E-state index contributed by atoms with van der Waals surface area (Å²) in [4.78, 5) is 0.460. The lowest BCUT2D eigenvalue weighted by molar-refractivity contribution is -0.139. The Balaban J connectivity index is 3.59. The van der Waals surface area contributed by atoms with E-state index in [4.69, 9.17) is 9.05 Å². The highest BCUT2D eigenvalue weighted by Crippen LogP contribution is 2.60. The van der Waals surface area contributed by atoms with Crippen LogP contribution in [0.15, 0.2) is 35.3 Å². The predicted molar refractivity (Wildman–Crippen MR) is 112 cm³/mol. The minimum Gasteiger partial charge on any atom is -0.388 e. The highest BCUT2D eigenvalue weighted by Gasteiger charge is 2.43. The van der Waals surface area contributed by atoms with Gasteiger partial charge in [0.05, 0.1) is 33.0 Å². The monoisotopic (exact) mass is 452 g/mol. The summed E-state index contributed by atoms with van der Waals surface area (Å²) in [6, 6.07) is 4.96. The summed E-state index contributed by atoms with van der Waals surface area (Å²) in [7, 11) is -5.92. The van der Waals surface area contributed by atoms with Gasteiger partial charge in [0.2, 0.25) is 0 Å². The van der Waals surface area contributed by atoms with Crippen LogP contribution in [0.5, 0.6) is 0 Å². The molecule has 0 saturated heterocycles. The molecule has 0 amide bonds. The average molecular weight is 453 g/mol. The van der Waals surface area contributed by atoms with Gasteiger partial charge in [-0.2, -0.15) is 13.2 Å². The van der Waals surface area contributed by atoms with Gasteiger partial charge in [0.25, 0.3) is 0 Å². The maximum Gasteiger partial charge on any atom is 0.416 e. The second kappa shape index (κ2) is 9.48. The Hall–Kier alpha value is -0.923. The number of aliphatic hydroxyl groups is 1. The number of hydrogen-bond acceptors (Lipinski definition) is 4. The van der Waals surface area contributed by atoms with E-state index in [1.54, 1.807) is 33.8 Å². The predicted octanol–water partition coefficient (Wildman–Crippen LogP) is 6.79. The van der Waals surface area contributed by atoms with Gasteiger partial charge in [0, 0.05) is 10.4 Å². The van der Waals surface area contributed by atoms with E-state index in [0.29, 0.717) is 4.94 Å². The first-order valence-corrected chi connectivity index (χ1v) is 14.6. The third-order valence-electron chi connectivity index (χ3n) is 4.44. The average Bonchev–Trinajstić information content (AvgIpc) is 2.57. The molecule has 166 valence electrons. The highest BCUT2D eigenvalue weighted by atomic mass is 31.2. The molecule has 1 atom stereocenters. The Morgan fingerprint density at radius 2 is 1.62 bits per heavy atom. The fourth-order valence-corrected chi connectivity index (χ4v) is 9.05. The molecule has 9 heteroatoms. The quantitative estimate of drug-likeness (QED) is 0.331. The van der Waals surface area contributed by atoms with E-state index < -0.39 is 38.9 Å². The Morgan fingerprint density at radius 3 is 2.03 bits per heavy atom. The van der Waals surface area contributed by atoms with Gasteiger partial charge in [-0.1, -0.05) is 57.8 Å². The van der Waals surface area contributed by atoms with Crippen LogP contribution in [-0.4, -0.2) is 26.4 Å². The molecule has 1 N–H and O–H groups in total. The van der Waals surface area contributed by atoms with Crippen molar-refractivity contribution >= 4 is 15.7 Å². The maximum atomic E-state index is 13.5. The number of halogens is 3. The molecule has 0 saturated carbocycles. The summed E-state index contributed by atoms with van der Waals surface area (Å²) in [5.74, 6) is 0. The third-order valence-corrected chi connectivity index (χ3v) is 10.9. The van der Waals surface area contributed by atoms with Crippen molar-refractivity contribution in [2.75, 3.05) is 13.2 Å². The standard InChI is InChI=1S/C20H32F3O4PSi/c1-8-26-28(25,27-9-2)17(29(5,6)7)14-19(3,4)18(24)15-12-10-11-13-16(15)20(21,22)23/h10-14,18,24H,8-9H2,1-7H3/b17-14+. The van der Waals surface area contributed by atoms with Gasteiger partial charge >= 0.3 is 13.8 Å². The molecule has 0 spiro atoms. The fourth-order valence-electron chi connectivity index (χ4n) is 3.05. The lowest BCUT2D eigenvalue weighted by Gasteiger charge is -2.34. The zero-order valence-electron chi connectivity index (χ0n) is 18.1. The number of hydrogen-bond donors (Lipinski definition) is 1. The number of benzene rings is 1. The molecular weight excluding hydrogens is 420 g/mol. The molecule has 0 heterocycles. The highest BCUT2D eigenvalue weighted by molar-refractivity contribution is 7.62. The van der Waals surface area contributed by atoms with Crippen molar-refractivity contribution in [3.8, 4) is 0 Å². The third kappa shape index (κ3) is 6.53. The molecule has 0 aliphatic rings. The zero-order chi connectivity index (χ0) is 22.7. The van der Waals surface area contributed by atoms with Gasteiger partial charge in [-0.3, -0.25) is 4.57 Å². The molecule has 0 aliphatic carbocycles. The number of aliphatic hydroxyl groups excluding tert-OH is 1. The molecule has 0 aromatic heterocycles. The smallest absolute Gasteiger partial charge is 0.388 e. The van der Waals surface area contributed by atoms with E-state index in [-0.39, 0.29) is 18.8 Å². The molecule has 0 aliphatic heterocycles. The summed E-state index contributed by atoms with van der Waals surface area (Å²) >= 11 is 0. The van der Waals surface area contributed by atoms with Crippen LogP contribution in [0.3, 0.4) is 0 Å². The van der Waals surface area contributed by atoms with Crippen LogP contribution in [0, 0.1) is 5.41 Å². The molecule has 1 aromatic rings. The minimum absolute atomic E-state index is 0.166. The van der Waals surface area contributed by atoms with E-state index in [1.165, 1.54) is 18.2 Å². The van der Waals surface area contributed by atoms with Crippen molar-refractivity contribution in [3.63, 3.8) is 0 Å². The van der Waals surface area contributed by atoms with Crippen molar-refractivity contribution in [2.24, 2.45) is 5.41 Å². The van der Waals surface area contributed by atoms with Gasteiger partial charge in [-0.15, -0.1) is 0 Å². The van der Waals surface area contributed by atoms with Crippen LogP contribution in [0.1, 0.15) is 44.9 Å². The molecule has 0 bridgehead atoms. The van der Waals surface area contributed by atoms with Gasteiger partial charge in [0.1, 0.15) is 0 Å². The SMILES string of the molecule is CCOP(=O)(OCC)/C(=C\C(C)(C)C(O)c1ccccc1C(F)(F)F)[Si](C)(C)C. The Bertz CT molecular complexity index is 760. The first kappa shape index (κ1) is 26.1. The summed E-state index contributed by atoms with van der Waals surface area (Å²) in [6.07, 6.45) is -4.46. The lowest BCUT2D eigenvalue weighted by atomic mass is 9.81. The summed E-state index contributed by atoms with van der Waals surface area (Å²) in [5.41, 5.74) is -2.26. The molecular formula is C20H32F3O4PSi. The van der Waals surface area contributed by atoms with Crippen molar-refractivity contribution < 1.29 is 31.9 Å². The number of alkyl halides is 3. The summed E-state index contributed by atoms with van der Waals surface area (Å²) in [6.45, 7) is 12.8. The summed E-state index contributed by atoms with van der Waals surface area (Å²) < 4.78 is 64.8. The van der Waals surface area contributed by atoms with Gasteiger partial charge in [-0.05, 0) is 25.5 Å². The molecule has 1 aromatic carbocycles. The minimum atomic E-state index is -4.59. The van der Waals surface area contributed by atoms with Gasteiger partial charge in [0.15, 0.2) is 0 Å². The molecule has 29 heavy (non-hydrogen) atoms. The molecule has 0 fully saturated rings. The van der Waals surface area contributed by atoms with Crippen LogP contribution < -0.4 is 0 Å². The van der Waals surface area contributed by atoms with Gasteiger partial charge in [-0.25, -0.2) is 0 Å². The van der Waals surface area contributed by atoms with E-state index in [0.717, 1.165) is 6.07 Å². The second-order valence-electron chi connectivity index (χ2n) is 8.42. The number of rotatable bonds is 9. The molecule has 1 rings (SSSR count). The Morgan fingerprint density at radius 1 is 1.14 bits per heavy atom. The Labute approximate surface area is 172 Å². The summed E-state index contributed by atoms with van der Waals surface area (Å²) in [5, 5.41) is 10.9. The first-order valence-electron chi connectivity index (χ1n) is 9.57. The topological polar surface area (TPSA) is 55.8 Å². The van der Waals surface area contributed by atoms with E-state index in [2.05, 4.69) is 0 Å². The van der Waals surface area contributed by atoms with Gasteiger partial charge < -0.3 is 14.2 Å². The molecule has 0 radical (unpaired) electrons. The lowest BCUT2D eigenvalue weighted by Crippen LogP contribution is -2.30. The van der Waals surface area contributed by atoms with Crippen LogP contribution in [0.25, 0.3) is 0 Å². The van der Waals surface area contributed by atoms with Crippen molar-refractivity contribution in [1.29, 1.82) is 0 Å². The fraction of sp³-hybridized carbons (Fsp3) is 0.600. The largest absolute Gasteiger partial charge is 0.416 e. The van der Waals surface area contributed by atoms with E-state index >= 15 is 0 Å². The first-order chi connectivity index (χ1) is 13.1. The molecule has 4 nitrogen and oxygen atoms in total. The van der Waals surface area contributed by atoms with Crippen LogP contribution in [0.2, 0.25) is 19.6 Å². The van der Waals surface area contributed by atoms with Crippen molar-refractivity contribution in [1.82, 2.24) is 0 Å². The van der Waals surface area contributed by atoms with Crippen LogP contribution in [0.4, 0.5) is 13.2 Å². The van der Waals surface area contributed by atoms with Crippen molar-refractivity contribution in [2.45, 2.75) is 59.6 Å². The second-order valence-corrected chi connectivity index (χ2v) is 15.9. The maximum absolute atomic E-state index is 13.5. The normalized spacial score (nSPS) is 15.5. The van der Waals surface area contributed by atoms with E-state index in [1.807, 2.05) is 19.6 Å². The van der Waals surface area contributed by atoms with Crippen LogP contribution in [-0.2, 0) is 19.8 Å². The Kier molecular flexibility index (Phi) is 8.53. The van der Waals surface area contributed by atoms with E-state index in [9.17, 15) is 22.8 Å². The molecule has 1 unspecified atom stereocenters.